The zero-order valence-corrected chi connectivity index (χ0v) is 10.0. The number of ether oxygens (including phenoxy) is 1. The summed E-state index contributed by atoms with van der Waals surface area (Å²) in [4.78, 5) is 0. The molecule has 1 atom stereocenters. The molecule has 4 nitrogen and oxygen atoms in total. The quantitative estimate of drug-likeness (QED) is 0.703. The van der Waals surface area contributed by atoms with Gasteiger partial charge in [0.2, 0.25) is 0 Å². The van der Waals surface area contributed by atoms with E-state index in [1.165, 1.54) is 5.56 Å². The van der Waals surface area contributed by atoms with Gasteiger partial charge in [-0.05, 0) is 24.1 Å². The van der Waals surface area contributed by atoms with E-state index >= 15 is 0 Å². The molecule has 1 aliphatic heterocycles. The van der Waals surface area contributed by atoms with Gasteiger partial charge in [-0.15, -0.1) is 0 Å². The van der Waals surface area contributed by atoms with E-state index in [0.29, 0.717) is 0 Å². The first-order valence-corrected chi connectivity index (χ1v) is 5.98. The summed E-state index contributed by atoms with van der Waals surface area (Å²) in [6.45, 7) is 2.66. The summed E-state index contributed by atoms with van der Waals surface area (Å²) in [6.07, 6.45) is 0.958. The molecule has 1 unspecified atom stereocenters. The second-order valence-electron chi connectivity index (χ2n) is 4.42. The fourth-order valence-electron chi connectivity index (χ4n) is 2.09. The van der Waals surface area contributed by atoms with Crippen molar-refractivity contribution in [1.82, 2.24) is 5.32 Å². The highest BCUT2D eigenvalue weighted by molar-refractivity contribution is 5.40. The normalized spacial score (nSPS) is 15.8. The molecule has 0 aromatic heterocycles. The highest BCUT2D eigenvalue weighted by Gasteiger charge is 2.16. The summed E-state index contributed by atoms with van der Waals surface area (Å²) in [5.74, 6) is 0.974. The van der Waals surface area contributed by atoms with Gasteiger partial charge in [-0.1, -0.05) is 12.1 Å². The summed E-state index contributed by atoms with van der Waals surface area (Å²) < 4.78 is 5.46. The Labute approximate surface area is 101 Å². The van der Waals surface area contributed by atoms with E-state index in [-0.39, 0.29) is 25.3 Å². The van der Waals surface area contributed by atoms with E-state index in [1.807, 2.05) is 19.1 Å². The maximum absolute atomic E-state index is 9.03. The lowest BCUT2D eigenvalue weighted by Gasteiger charge is -2.20. The summed E-state index contributed by atoms with van der Waals surface area (Å²) in [6, 6.07) is 5.97. The highest BCUT2D eigenvalue weighted by atomic mass is 16.5. The molecule has 2 rings (SSSR count). The largest absolute Gasteiger partial charge is 0.493 e. The van der Waals surface area contributed by atoms with Crippen molar-refractivity contribution in [2.45, 2.75) is 25.4 Å². The van der Waals surface area contributed by atoms with Gasteiger partial charge >= 0.3 is 0 Å². The molecule has 0 radical (unpaired) electrons. The zero-order valence-electron chi connectivity index (χ0n) is 10.0. The number of nitrogens with one attached hydrogen (secondary N) is 1. The summed E-state index contributed by atoms with van der Waals surface area (Å²) in [7, 11) is 0. The van der Waals surface area contributed by atoms with Gasteiger partial charge in [0.15, 0.2) is 0 Å². The Morgan fingerprint density at radius 1 is 1.35 bits per heavy atom. The standard InChI is InChI=1S/C13H19NO3/c1-9(14-12(7-15)8-16)10-2-3-13-11(6-10)4-5-17-13/h2-3,6,9,12,14-16H,4-5,7-8H2,1H3. The van der Waals surface area contributed by atoms with E-state index in [2.05, 4.69) is 11.4 Å². The van der Waals surface area contributed by atoms with Crippen molar-refractivity contribution < 1.29 is 14.9 Å². The Hall–Kier alpha value is -1.10. The van der Waals surface area contributed by atoms with Gasteiger partial charge in [-0.3, -0.25) is 0 Å². The second kappa shape index (κ2) is 5.49. The first-order chi connectivity index (χ1) is 8.24. The predicted octanol–water partition coefficient (Wildman–Crippen LogP) is 0.625. The van der Waals surface area contributed by atoms with Gasteiger partial charge in [-0.25, -0.2) is 0 Å². The molecule has 0 amide bonds. The number of benzene rings is 1. The number of aliphatic hydroxyl groups is 2. The molecule has 1 heterocycles. The van der Waals surface area contributed by atoms with E-state index in [1.54, 1.807) is 0 Å². The predicted molar refractivity (Wildman–Crippen MR) is 65.2 cm³/mol. The van der Waals surface area contributed by atoms with Crippen molar-refractivity contribution in [2.24, 2.45) is 0 Å². The van der Waals surface area contributed by atoms with Crippen LogP contribution in [-0.4, -0.2) is 36.1 Å². The monoisotopic (exact) mass is 237 g/mol. The molecule has 0 saturated heterocycles. The molecule has 1 aromatic carbocycles. The third-order valence-corrected chi connectivity index (χ3v) is 3.14. The fourth-order valence-corrected chi connectivity index (χ4v) is 2.09. The van der Waals surface area contributed by atoms with E-state index in [4.69, 9.17) is 14.9 Å². The Morgan fingerprint density at radius 3 is 2.82 bits per heavy atom. The van der Waals surface area contributed by atoms with Crippen LogP contribution >= 0.6 is 0 Å². The Bertz CT molecular complexity index is 377. The molecular formula is C13H19NO3. The number of rotatable bonds is 5. The van der Waals surface area contributed by atoms with Crippen molar-refractivity contribution in [3.8, 4) is 5.75 Å². The van der Waals surface area contributed by atoms with Crippen LogP contribution in [0, 0.1) is 0 Å². The molecule has 17 heavy (non-hydrogen) atoms. The molecule has 0 saturated carbocycles. The van der Waals surface area contributed by atoms with Gasteiger partial charge < -0.3 is 20.3 Å². The molecule has 4 heteroatoms. The molecule has 3 N–H and O–H groups in total. The smallest absolute Gasteiger partial charge is 0.122 e. The Balaban J connectivity index is 2.06. The van der Waals surface area contributed by atoms with Gasteiger partial charge in [0.05, 0.1) is 25.9 Å². The molecular weight excluding hydrogens is 218 g/mol. The fraction of sp³-hybridized carbons (Fsp3) is 0.538. The number of hydrogen-bond acceptors (Lipinski definition) is 4. The molecule has 1 aromatic rings. The number of hydrogen-bond donors (Lipinski definition) is 3. The lowest BCUT2D eigenvalue weighted by Crippen LogP contribution is -2.37. The average Bonchev–Trinajstić information content (AvgIpc) is 2.82. The van der Waals surface area contributed by atoms with Crippen LogP contribution < -0.4 is 10.1 Å². The SMILES string of the molecule is CC(NC(CO)CO)c1ccc2c(c1)CCO2. The first kappa shape index (κ1) is 12.4. The van der Waals surface area contributed by atoms with Crippen LogP contribution in [0.15, 0.2) is 18.2 Å². The molecule has 0 spiro atoms. The Morgan fingerprint density at radius 2 is 2.12 bits per heavy atom. The topological polar surface area (TPSA) is 61.7 Å². The van der Waals surface area contributed by atoms with Gasteiger partial charge in [0, 0.05) is 12.5 Å². The minimum Gasteiger partial charge on any atom is -0.493 e. The third-order valence-electron chi connectivity index (χ3n) is 3.14. The van der Waals surface area contributed by atoms with Crippen LogP contribution in [-0.2, 0) is 6.42 Å². The highest BCUT2D eigenvalue weighted by Crippen LogP contribution is 2.28. The maximum Gasteiger partial charge on any atom is 0.122 e. The van der Waals surface area contributed by atoms with Crippen LogP contribution in [0.3, 0.4) is 0 Å². The average molecular weight is 237 g/mol. The van der Waals surface area contributed by atoms with Crippen LogP contribution in [0.2, 0.25) is 0 Å². The van der Waals surface area contributed by atoms with E-state index < -0.39 is 0 Å². The summed E-state index contributed by atoms with van der Waals surface area (Å²) in [5, 5.41) is 21.3. The number of aliphatic hydroxyl groups excluding tert-OH is 2. The molecule has 0 aliphatic carbocycles. The molecule has 0 fully saturated rings. The summed E-state index contributed by atoms with van der Waals surface area (Å²) in [5.41, 5.74) is 2.39. The zero-order chi connectivity index (χ0) is 12.3. The maximum atomic E-state index is 9.03. The summed E-state index contributed by atoms with van der Waals surface area (Å²) >= 11 is 0. The van der Waals surface area contributed by atoms with E-state index in [0.717, 1.165) is 24.3 Å². The van der Waals surface area contributed by atoms with Crippen molar-refractivity contribution in [2.75, 3.05) is 19.8 Å². The number of fused-ring (bicyclic) bond motifs is 1. The minimum absolute atomic E-state index is 0.0606. The molecule has 94 valence electrons. The van der Waals surface area contributed by atoms with Gasteiger partial charge in [0.1, 0.15) is 5.75 Å². The van der Waals surface area contributed by atoms with Crippen LogP contribution in [0.5, 0.6) is 5.75 Å². The van der Waals surface area contributed by atoms with Gasteiger partial charge in [0.25, 0.3) is 0 Å². The van der Waals surface area contributed by atoms with Crippen molar-refractivity contribution in [1.29, 1.82) is 0 Å². The van der Waals surface area contributed by atoms with Gasteiger partial charge in [-0.2, -0.15) is 0 Å². The van der Waals surface area contributed by atoms with Crippen molar-refractivity contribution in [3.63, 3.8) is 0 Å². The van der Waals surface area contributed by atoms with Crippen LogP contribution in [0.4, 0.5) is 0 Å². The van der Waals surface area contributed by atoms with E-state index in [9.17, 15) is 0 Å². The minimum atomic E-state index is -0.269. The van der Waals surface area contributed by atoms with Crippen molar-refractivity contribution >= 4 is 0 Å². The van der Waals surface area contributed by atoms with Crippen LogP contribution in [0.1, 0.15) is 24.1 Å². The molecule has 1 aliphatic rings. The Kier molecular flexibility index (Phi) is 3.99. The second-order valence-corrected chi connectivity index (χ2v) is 4.42. The van der Waals surface area contributed by atoms with Crippen LogP contribution in [0.25, 0.3) is 0 Å². The molecule has 0 bridgehead atoms. The lowest BCUT2D eigenvalue weighted by atomic mass is 10.0. The van der Waals surface area contributed by atoms with Crippen molar-refractivity contribution in [3.05, 3.63) is 29.3 Å². The first-order valence-electron chi connectivity index (χ1n) is 5.98. The third kappa shape index (κ3) is 2.77. The lowest BCUT2D eigenvalue weighted by molar-refractivity contribution is 0.163.